The summed E-state index contributed by atoms with van der Waals surface area (Å²) < 4.78 is 0. The summed E-state index contributed by atoms with van der Waals surface area (Å²) in [4.78, 5) is 22.7. The quantitative estimate of drug-likeness (QED) is 0.844. The number of carbonyl (C=O) groups excluding carboxylic acids is 1. The molecular weight excluding hydrogens is 336 g/mol. The molecular formula is C17H20N6OS. The lowest BCUT2D eigenvalue weighted by molar-refractivity contribution is -0.121. The number of hydrogen-bond acceptors (Lipinski definition) is 7. The smallest absolute Gasteiger partial charge is 0.220 e. The van der Waals surface area contributed by atoms with E-state index in [1.54, 1.807) is 18.3 Å². The fraction of sp³-hybridized carbons (Fsp3) is 0.412. The number of nitrogens with two attached hydrogens (primary N) is 1. The molecule has 1 fully saturated rings. The van der Waals surface area contributed by atoms with E-state index in [2.05, 4.69) is 26.3 Å². The number of aromatic nitrogens is 2. The zero-order chi connectivity index (χ0) is 17.6. The first-order valence-corrected chi connectivity index (χ1v) is 9.13. The minimum Gasteiger partial charge on any atom is -0.375 e. The molecule has 3 heterocycles. The Morgan fingerprint density at radius 2 is 2.28 bits per heavy atom. The molecule has 0 saturated carbocycles. The van der Waals surface area contributed by atoms with Gasteiger partial charge in [0.1, 0.15) is 11.9 Å². The number of rotatable bonds is 5. The first-order chi connectivity index (χ1) is 12.2. The van der Waals surface area contributed by atoms with Gasteiger partial charge in [0.2, 0.25) is 5.91 Å². The molecule has 1 saturated heterocycles. The van der Waals surface area contributed by atoms with Gasteiger partial charge >= 0.3 is 0 Å². The molecule has 0 radical (unpaired) electrons. The van der Waals surface area contributed by atoms with E-state index >= 15 is 0 Å². The van der Waals surface area contributed by atoms with Gasteiger partial charge in [0, 0.05) is 37.1 Å². The average Bonchev–Trinajstić information content (AvgIpc) is 3.06. The van der Waals surface area contributed by atoms with Gasteiger partial charge in [0.15, 0.2) is 5.13 Å². The van der Waals surface area contributed by atoms with E-state index in [9.17, 15) is 10.1 Å². The number of nitriles is 1. The van der Waals surface area contributed by atoms with Crippen LogP contribution in [0.5, 0.6) is 0 Å². The zero-order valence-corrected chi connectivity index (χ0v) is 14.6. The Kier molecular flexibility index (Phi) is 5.46. The van der Waals surface area contributed by atoms with Crippen LogP contribution < -0.4 is 16.0 Å². The summed E-state index contributed by atoms with van der Waals surface area (Å²) in [6.07, 6.45) is 4.42. The largest absolute Gasteiger partial charge is 0.375 e. The summed E-state index contributed by atoms with van der Waals surface area (Å²) in [6, 6.07) is 5.90. The lowest BCUT2D eigenvalue weighted by Crippen LogP contribution is -2.45. The van der Waals surface area contributed by atoms with Crippen molar-refractivity contribution in [3.8, 4) is 6.07 Å². The van der Waals surface area contributed by atoms with Crippen molar-refractivity contribution < 1.29 is 4.79 Å². The van der Waals surface area contributed by atoms with Crippen LogP contribution in [0.4, 0.5) is 10.9 Å². The van der Waals surface area contributed by atoms with E-state index in [0.717, 1.165) is 37.4 Å². The van der Waals surface area contributed by atoms with Crippen molar-refractivity contribution in [2.75, 3.05) is 23.7 Å². The number of carbonyl (C=O) groups is 1. The number of nitrogens with zero attached hydrogens (tertiary/aromatic N) is 4. The van der Waals surface area contributed by atoms with Gasteiger partial charge in [-0.2, -0.15) is 5.26 Å². The summed E-state index contributed by atoms with van der Waals surface area (Å²) in [5, 5.41) is 14.7. The molecule has 1 aliphatic heterocycles. The molecule has 2 aromatic rings. The molecule has 3 N–H and O–H groups in total. The van der Waals surface area contributed by atoms with Crippen LogP contribution in [0.25, 0.3) is 0 Å². The number of piperidine rings is 1. The van der Waals surface area contributed by atoms with Gasteiger partial charge in [0.05, 0.1) is 11.3 Å². The highest BCUT2D eigenvalue weighted by Gasteiger charge is 2.23. The van der Waals surface area contributed by atoms with Crippen molar-refractivity contribution in [3.05, 3.63) is 35.0 Å². The van der Waals surface area contributed by atoms with Gasteiger partial charge < -0.3 is 16.0 Å². The summed E-state index contributed by atoms with van der Waals surface area (Å²) in [5.74, 6) is 0.775. The number of anilines is 2. The van der Waals surface area contributed by atoms with Crippen molar-refractivity contribution >= 4 is 28.2 Å². The van der Waals surface area contributed by atoms with Gasteiger partial charge in [-0.25, -0.2) is 9.97 Å². The number of amides is 1. The van der Waals surface area contributed by atoms with Gasteiger partial charge in [-0.15, -0.1) is 11.3 Å². The Bertz CT molecular complexity index is 775. The minimum absolute atomic E-state index is 0.0422. The first-order valence-electron chi connectivity index (χ1n) is 8.25. The standard InChI is InChI=1S/C17H20N6OS/c18-10-12-2-1-7-20-16(12)23-8-5-13(6-9-23)21-15(24)4-3-14-11-25-17(19)22-14/h1-2,7,11,13H,3-6,8-9H2,(H2,19,22)(H,21,24). The van der Waals surface area contributed by atoms with Crippen molar-refractivity contribution in [1.82, 2.24) is 15.3 Å². The third-order valence-electron chi connectivity index (χ3n) is 4.24. The van der Waals surface area contributed by atoms with Crippen LogP contribution >= 0.6 is 11.3 Å². The predicted molar refractivity (Wildman–Crippen MR) is 97.2 cm³/mol. The van der Waals surface area contributed by atoms with Crippen LogP contribution in [0.1, 0.15) is 30.5 Å². The molecule has 7 nitrogen and oxygen atoms in total. The second-order valence-electron chi connectivity index (χ2n) is 5.99. The highest BCUT2D eigenvalue weighted by molar-refractivity contribution is 7.13. The summed E-state index contributed by atoms with van der Waals surface area (Å²) >= 11 is 1.39. The maximum Gasteiger partial charge on any atom is 0.220 e. The zero-order valence-electron chi connectivity index (χ0n) is 13.8. The van der Waals surface area contributed by atoms with E-state index < -0.39 is 0 Å². The number of nitrogens with one attached hydrogen (secondary N) is 1. The molecule has 0 atom stereocenters. The lowest BCUT2D eigenvalue weighted by Gasteiger charge is -2.33. The molecule has 1 aliphatic rings. The maximum absolute atomic E-state index is 12.1. The minimum atomic E-state index is 0.0422. The predicted octanol–water partition coefficient (Wildman–Crippen LogP) is 1.71. The van der Waals surface area contributed by atoms with Crippen LogP contribution in [-0.2, 0) is 11.2 Å². The molecule has 3 rings (SSSR count). The van der Waals surface area contributed by atoms with Gasteiger partial charge in [-0.1, -0.05) is 0 Å². The van der Waals surface area contributed by atoms with E-state index in [-0.39, 0.29) is 11.9 Å². The van der Waals surface area contributed by atoms with Crippen LogP contribution in [-0.4, -0.2) is 35.0 Å². The lowest BCUT2D eigenvalue weighted by atomic mass is 10.0. The van der Waals surface area contributed by atoms with Gasteiger partial charge in [-0.05, 0) is 31.4 Å². The SMILES string of the molecule is N#Cc1cccnc1N1CCC(NC(=O)CCc2csc(N)n2)CC1. The molecule has 2 aromatic heterocycles. The number of pyridine rings is 1. The molecule has 0 unspecified atom stereocenters. The Balaban J connectivity index is 1.46. The fourth-order valence-electron chi connectivity index (χ4n) is 2.95. The van der Waals surface area contributed by atoms with Crippen molar-refractivity contribution in [2.45, 2.75) is 31.7 Å². The molecule has 0 bridgehead atoms. The number of aryl methyl sites for hydroxylation is 1. The average molecular weight is 356 g/mol. The highest BCUT2D eigenvalue weighted by atomic mass is 32.1. The second kappa shape index (κ2) is 7.94. The summed E-state index contributed by atoms with van der Waals surface area (Å²) in [7, 11) is 0. The van der Waals surface area contributed by atoms with Crippen molar-refractivity contribution in [2.24, 2.45) is 0 Å². The van der Waals surface area contributed by atoms with E-state index in [4.69, 9.17) is 5.73 Å². The Morgan fingerprint density at radius 3 is 2.96 bits per heavy atom. The monoisotopic (exact) mass is 356 g/mol. The normalized spacial score (nSPS) is 14.9. The second-order valence-corrected chi connectivity index (χ2v) is 6.88. The molecule has 0 spiro atoms. The number of hydrogen-bond donors (Lipinski definition) is 2. The van der Waals surface area contributed by atoms with Gasteiger partial charge in [0.25, 0.3) is 0 Å². The molecule has 1 amide bonds. The Labute approximate surface area is 150 Å². The number of nitrogen functional groups attached to an aromatic ring is 1. The molecule has 8 heteroatoms. The summed E-state index contributed by atoms with van der Waals surface area (Å²) in [6.45, 7) is 1.55. The fourth-order valence-corrected chi connectivity index (χ4v) is 3.55. The van der Waals surface area contributed by atoms with E-state index in [0.29, 0.717) is 23.5 Å². The Morgan fingerprint density at radius 1 is 1.48 bits per heavy atom. The molecule has 0 aromatic carbocycles. The Hall–Kier alpha value is -2.66. The molecule has 130 valence electrons. The van der Waals surface area contributed by atoms with E-state index in [1.165, 1.54) is 11.3 Å². The molecule has 0 aliphatic carbocycles. The van der Waals surface area contributed by atoms with Gasteiger partial charge in [-0.3, -0.25) is 4.79 Å². The molecule has 25 heavy (non-hydrogen) atoms. The van der Waals surface area contributed by atoms with Crippen molar-refractivity contribution in [3.63, 3.8) is 0 Å². The maximum atomic E-state index is 12.1. The van der Waals surface area contributed by atoms with Crippen LogP contribution in [0.3, 0.4) is 0 Å². The summed E-state index contributed by atoms with van der Waals surface area (Å²) in [5.41, 5.74) is 7.05. The first kappa shape index (κ1) is 17.2. The highest BCUT2D eigenvalue weighted by Crippen LogP contribution is 2.21. The van der Waals surface area contributed by atoms with Crippen LogP contribution in [0.15, 0.2) is 23.7 Å². The van der Waals surface area contributed by atoms with Crippen LogP contribution in [0, 0.1) is 11.3 Å². The third kappa shape index (κ3) is 4.45. The third-order valence-corrected chi connectivity index (χ3v) is 4.97. The topological polar surface area (TPSA) is 108 Å². The number of thiazole rings is 1. The van der Waals surface area contributed by atoms with E-state index in [1.807, 2.05) is 5.38 Å². The van der Waals surface area contributed by atoms with Crippen molar-refractivity contribution in [1.29, 1.82) is 5.26 Å². The van der Waals surface area contributed by atoms with Crippen LogP contribution in [0.2, 0.25) is 0 Å².